The van der Waals surface area contributed by atoms with Crippen LogP contribution in [-0.2, 0) is 9.53 Å². The Balaban J connectivity index is 0.000000383. The van der Waals surface area contributed by atoms with Crippen molar-refractivity contribution in [3.8, 4) is 5.88 Å². The number of halogens is 3. The molecule has 0 aromatic carbocycles. The van der Waals surface area contributed by atoms with E-state index in [9.17, 15) is 18.0 Å². The third-order valence-corrected chi connectivity index (χ3v) is 5.17. The Labute approximate surface area is 187 Å². The summed E-state index contributed by atoms with van der Waals surface area (Å²) in [6.07, 6.45) is 2.34. The Morgan fingerprint density at radius 1 is 1.24 bits per heavy atom. The SMILES string of the molecule is Cc1cnc(C(=O)N2CCC[C@]3(C[C@@H](Oc4ccccn4)CO3)C2)cn1.O=C(O)C(F)(F)F. The molecule has 0 bridgehead atoms. The number of carboxylic acid groups (broad SMARTS) is 1. The van der Waals surface area contributed by atoms with Gasteiger partial charge in [0, 0.05) is 31.4 Å². The van der Waals surface area contributed by atoms with Crippen molar-refractivity contribution in [3.05, 3.63) is 48.2 Å². The van der Waals surface area contributed by atoms with Gasteiger partial charge >= 0.3 is 12.1 Å². The molecule has 2 atom stereocenters. The molecule has 9 nitrogen and oxygen atoms in total. The van der Waals surface area contributed by atoms with Gasteiger partial charge in [0.05, 0.1) is 30.6 Å². The van der Waals surface area contributed by atoms with Crippen molar-refractivity contribution in [2.45, 2.75) is 44.1 Å². The van der Waals surface area contributed by atoms with Crippen molar-refractivity contribution in [2.24, 2.45) is 0 Å². The summed E-state index contributed by atoms with van der Waals surface area (Å²) < 4.78 is 43.8. The second-order valence-corrected chi connectivity index (χ2v) is 7.78. The van der Waals surface area contributed by atoms with Gasteiger partial charge in [0.25, 0.3) is 5.91 Å². The first-order chi connectivity index (χ1) is 15.6. The fraction of sp³-hybridized carbons (Fsp3) is 0.476. The highest BCUT2D eigenvalue weighted by Crippen LogP contribution is 2.36. The number of carboxylic acids is 1. The maximum atomic E-state index is 12.8. The number of ether oxygens (including phenoxy) is 2. The van der Waals surface area contributed by atoms with Gasteiger partial charge in [-0.25, -0.2) is 14.8 Å². The molecule has 4 heterocycles. The number of carbonyl (C=O) groups excluding carboxylic acids is 1. The molecule has 0 saturated carbocycles. The minimum atomic E-state index is -5.08. The summed E-state index contributed by atoms with van der Waals surface area (Å²) in [6, 6.07) is 5.60. The van der Waals surface area contributed by atoms with Gasteiger partial charge in [-0.3, -0.25) is 9.78 Å². The van der Waals surface area contributed by atoms with Gasteiger partial charge in [0.15, 0.2) is 0 Å². The minimum absolute atomic E-state index is 0.0425. The molecule has 1 spiro atoms. The molecule has 0 unspecified atom stereocenters. The number of hydrogen-bond acceptors (Lipinski definition) is 7. The van der Waals surface area contributed by atoms with Crippen molar-refractivity contribution in [2.75, 3.05) is 19.7 Å². The summed E-state index contributed by atoms with van der Waals surface area (Å²) in [6.45, 7) is 3.64. The summed E-state index contributed by atoms with van der Waals surface area (Å²) in [5, 5.41) is 7.12. The third-order valence-electron chi connectivity index (χ3n) is 5.17. The first-order valence-electron chi connectivity index (χ1n) is 10.2. The number of aliphatic carboxylic acids is 1. The highest BCUT2D eigenvalue weighted by atomic mass is 19.4. The van der Waals surface area contributed by atoms with Crippen LogP contribution in [0, 0.1) is 6.92 Å². The van der Waals surface area contributed by atoms with Crippen LogP contribution in [0.1, 0.15) is 35.4 Å². The van der Waals surface area contributed by atoms with Gasteiger partial charge in [-0.15, -0.1) is 0 Å². The Bertz CT molecular complexity index is 959. The van der Waals surface area contributed by atoms with E-state index in [2.05, 4.69) is 15.0 Å². The highest BCUT2D eigenvalue weighted by Gasteiger charge is 2.45. The van der Waals surface area contributed by atoms with Crippen LogP contribution < -0.4 is 4.74 Å². The van der Waals surface area contributed by atoms with E-state index in [4.69, 9.17) is 19.4 Å². The van der Waals surface area contributed by atoms with Crippen molar-refractivity contribution in [3.63, 3.8) is 0 Å². The molecule has 178 valence electrons. The Morgan fingerprint density at radius 3 is 2.61 bits per heavy atom. The molecule has 2 aliphatic rings. The van der Waals surface area contributed by atoms with E-state index in [-0.39, 0.29) is 17.6 Å². The van der Waals surface area contributed by atoms with Crippen molar-refractivity contribution < 1.29 is 37.3 Å². The average Bonchev–Trinajstić information content (AvgIpc) is 3.15. The average molecular weight is 468 g/mol. The van der Waals surface area contributed by atoms with E-state index in [1.54, 1.807) is 18.6 Å². The lowest BCUT2D eigenvalue weighted by molar-refractivity contribution is -0.192. The lowest BCUT2D eigenvalue weighted by atomic mass is 9.89. The monoisotopic (exact) mass is 468 g/mol. The van der Waals surface area contributed by atoms with Crippen LogP contribution in [0.4, 0.5) is 13.2 Å². The number of nitrogens with zero attached hydrogens (tertiary/aromatic N) is 4. The molecule has 1 amide bonds. The predicted octanol–water partition coefficient (Wildman–Crippen LogP) is 2.66. The number of amides is 1. The van der Waals surface area contributed by atoms with Crippen LogP contribution in [-0.4, -0.2) is 74.4 Å². The van der Waals surface area contributed by atoms with Crippen molar-refractivity contribution in [1.29, 1.82) is 0 Å². The zero-order valence-electron chi connectivity index (χ0n) is 17.8. The fourth-order valence-corrected chi connectivity index (χ4v) is 3.69. The number of rotatable bonds is 3. The molecule has 0 aliphatic carbocycles. The molecule has 1 N–H and O–H groups in total. The van der Waals surface area contributed by atoms with Gasteiger partial charge in [0.1, 0.15) is 11.8 Å². The molecule has 2 fully saturated rings. The zero-order chi connectivity index (χ0) is 24.1. The van der Waals surface area contributed by atoms with Gasteiger partial charge in [-0.05, 0) is 25.8 Å². The molecule has 12 heteroatoms. The van der Waals surface area contributed by atoms with Gasteiger partial charge in [-0.1, -0.05) is 6.07 Å². The predicted molar refractivity (Wildman–Crippen MR) is 108 cm³/mol. The third kappa shape index (κ3) is 6.60. The summed E-state index contributed by atoms with van der Waals surface area (Å²) in [7, 11) is 0. The van der Waals surface area contributed by atoms with E-state index >= 15 is 0 Å². The molecule has 2 saturated heterocycles. The molecular formula is C21H23F3N4O5. The number of hydrogen-bond donors (Lipinski definition) is 1. The Hall–Kier alpha value is -3.28. The Kier molecular flexibility index (Phi) is 7.46. The maximum absolute atomic E-state index is 12.8. The van der Waals surface area contributed by atoms with E-state index in [1.807, 2.05) is 30.0 Å². The van der Waals surface area contributed by atoms with Gasteiger partial charge in [0.2, 0.25) is 5.88 Å². The minimum Gasteiger partial charge on any atom is -0.475 e. The van der Waals surface area contributed by atoms with E-state index < -0.39 is 12.1 Å². The zero-order valence-corrected chi connectivity index (χ0v) is 17.8. The maximum Gasteiger partial charge on any atom is 0.490 e. The standard InChI is InChI=1S/C19H22N4O3.C2HF3O2/c1-14-10-22-16(11-21-14)18(24)23-8-4-6-19(13-23)9-15(12-25-19)26-17-5-2-3-7-20-17;3-2(4,5)1(6)7/h2-3,5,7,10-11,15H,4,6,8-9,12-13H2,1H3;(H,6,7)/t15-,19+;/m1./s1. The normalized spacial score (nSPS) is 22.4. The smallest absolute Gasteiger partial charge is 0.475 e. The molecule has 2 aliphatic heterocycles. The number of pyridine rings is 1. The van der Waals surface area contributed by atoms with Crippen LogP contribution in [0.5, 0.6) is 5.88 Å². The number of likely N-dealkylation sites (tertiary alicyclic amines) is 1. The van der Waals surface area contributed by atoms with E-state index in [0.29, 0.717) is 31.3 Å². The van der Waals surface area contributed by atoms with Crippen molar-refractivity contribution >= 4 is 11.9 Å². The van der Waals surface area contributed by atoms with Crippen molar-refractivity contribution in [1.82, 2.24) is 19.9 Å². The molecule has 0 radical (unpaired) electrons. The number of piperidine rings is 1. The topological polar surface area (TPSA) is 115 Å². The first-order valence-corrected chi connectivity index (χ1v) is 10.2. The lowest BCUT2D eigenvalue weighted by Crippen LogP contribution is -2.50. The Morgan fingerprint density at radius 2 is 2.00 bits per heavy atom. The van der Waals surface area contributed by atoms with E-state index in [0.717, 1.165) is 25.0 Å². The highest BCUT2D eigenvalue weighted by molar-refractivity contribution is 5.92. The van der Waals surface area contributed by atoms with Crippen LogP contribution in [0.25, 0.3) is 0 Å². The van der Waals surface area contributed by atoms with Crippen LogP contribution in [0.3, 0.4) is 0 Å². The van der Waals surface area contributed by atoms with Crippen LogP contribution >= 0.6 is 0 Å². The number of aryl methyl sites for hydroxylation is 1. The second-order valence-electron chi connectivity index (χ2n) is 7.78. The quantitative estimate of drug-likeness (QED) is 0.731. The summed E-state index contributed by atoms with van der Waals surface area (Å²) in [5.74, 6) is -2.24. The molecule has 2 aromatic heterocycles. The second kappa shape index (κ2) is 10.1. The molecule has 2 aromatic rings. The molecular weight excluding hydrogens is 445 g/mol. The number of aromatic nitrogens is 3. The largest absolute Gasteiger partial charge is 0.490 e. The fourth-order valence-electron chi connectivity index (χ4n) is 3.69. The van der Waals surface area contributed by atoms with Crippen LogP contribution in [0.2, 0.25) is 0 Å². The number of alkyl halides is 3. The van der Waals surface area contributed by atoms with E-state index in [1.165, 1.54) is 0 Å². The van der Waals surface area contributed by atoms with Gasteiger partial charge in [-0.2, -0.15) is 13.2 Å². The number of carbonyl (C=O) groups is 2. The summed E-state index contributed by atoms with van der Waals surface area (Å²) >= 11 is 0. The summed E-state index contributed by atoms with van der Waals surface area (Å²) in [4.78, 5) is 36.1. The summed E-state index contributed by atoms with van der Waals surface area (Å²) in [5.41, 5.74) is 0.836. The molecule has 4 rings (SSSR count). The molecule has 33 heavy (non-hydrogen) atoms. The lowest BCUT2D eigenvalue weighted by Gasteiger charge is -2.39. The van der Waals surface area contributed by atoms with Gasteiger partial charge < -0.3 is 19.5 Å². The van der Waals surface area contributed by atoms with Crippen LogP contribution in [0.15, 0.2) is 36.8 Å². The first kappa shape index (κ1) is 24.4.